The average molecular weight is 201 g/mol. The van der Waals surface area contributed by atoms with Gasteiger partial charge in [0, 0.05) is 5.69 Å². The van der Waals surface area contributed by atoms with Crippen molar-refractivity contribution in [1.29, 1.82) is 0 Å². The van der Waals surface area contributed by atoms with E-state index in [0.717, 1.165) is 18.5 Å². The van der Waals surface area contributed by atoms with Crippen molar-refractivity contribution in [3.8, 4) is 0 Å². The van der Waals surface area contributed by atoms with Crippen molar-refractivity contribution in [2.75, 3.05) is 5.73 Å². The lowest BCUT2D eigenvalue weighted by molar-refractivity contribution is 0.871. The Morgan fingerprint density at radius 1 is 1.33 bits per heavy atom. The fourth-order valence-corrected chi connectivity index (χ4v) is 1.62. The van der Waals surface area contributed by atoms with Gasteiger partial charge in [-0.15, -0.1) is 0 Å². The molecular formula is C14H19N. The van der Waals surface area contributed by atoms with Gasteiger partial charge in [0.15, 0.2) is 0 Å². The summed E-state index contributed by atoms with van der Waals surface area (Å²) in [5, 5.41) is 0. The van der Waals surface area contributed by atoms with E-state index in [1.165, 1.54) is 17.6 Å². The molecule has 1 aromatic rings. The lowest BCUT2D eigenvalue weighted by Crippen LogP contribution is -1.91. The van der Waals surface area contributed by atoms with E-state index >= 15 is 0 Å². The minimum atomic E-state index is 0.823. The van der Waals surface area contributed by atoms with Crippen LogP contribution < -0.4 is 5.73 Å². The van der Waals surface area contributed by atoms with Crippen molar-refractivity contribution in [1.82, 2.24) is 0 Å². The predicted molar refractivity (Wildman–Crippen MR) is 67.7 cm³/mol. The first-order chi connectivity index (χ1) is 7.26. The van der Waals surface area contributed by atoms with Crippen molar-refractivity contribution in [2.45, 2.75) is 26.2 Å². The van der Waals surface area contributed by atoms with Gasteiger partial charge < -0.3 is 5.73 Å². The molecule has 0 aliphatic rings. The number of allylic oxidation sites excluding steroid dienone is 3. The fraction of sp³-hybridized carbons (Fsp3) is 0.286. The lowest BCUT2D eigenvalue weighted by Gasteiger charge is -2.06. The van der Waals surface area contributed by atoms with Crippen molar-refractivity contribution in [3.05, 3.63) is 54.1 Å². The first-order valence-corrected chi connectivity index (χ1v) is 5.41. The maximum Gasteiger partial charge on any atom is 0.0314 e. The van der Waals surface area contributed by atoms with Crippen LogP contribution in [0.4, 0.5) is 5.69 Å². The van der Waals surface area contributed by atoms with Gasteiger partial charge in [0.05, 0.1) is 0 Å². The van der Waals surface area contributed by atoms with Crippen LogP contribution in [0.1, 0.15) is 25.3 Å². The van der Waals surface area contributed by atoms with Gasteiger partial charge in [-0.3, -0.25) is 0 Å². The van der Waals surface area contributed by atoms with E-state index in [2.05, 4.69) is 31.7 Å². The summed E-state index contributed by atoms with van der Waals surface area (Å²) in [5.74, 6) is 0. The Labute approximate surface area is 92.3 Å². The maximum atomic E-state index is 5.64. The third-order valence-corrected chi connectivity index (χ3v) is 2.34. The first-order valence-electron chi connectivity index (χ1n) is 5.41. The molecule has 0 heterocycles. The van der Waals surface area contributed by atoms with Crippen molar-refractivity contribution >= 4 is 5.69 Å². The number of hydrogen-bond donors (Lipinski definition) is 1. The highest BCUT2D eigenvalue weighted by Crippen LogP contribution is 2.14. The molecule has 0 unspecified atom stereocenters. The number of anilines is 1. The Balaban J connectivity index is 2.69. The maximum absolute atomic E-state index is 5.64. The van der Waals surface area contributed by atoms with E-state index in [1.807, 2.05) is 18.2 Å². The Morgan fingerprint density at radius 3 is 2.53 bits per heavy atom. The Hall–Kier alpha value is -1.50. The second-order valence-electron chi connectivity index (χ2n) is 3.73. The smallest absolute Gasteiger partial charge is 0.0314 e. The summed E-state index contributed by atoms with van der Waals surface area (Å²) in [4.78, 5) is 0. The molecule has 1 aromatic carbocycles. The molecule has 0 bridgehead atoms. The normalized spacial score (nSPS) is 11.4. The molecule has 0 saturated carbocycles. The van der Waals surface area contributed by atoms with Gasteiger partial charge in [-0.25, -0.2) is 0 Å². The Bertz CT molecular complexity index is 333. The summed E-state index contributed by atoms with van der Waals surface area (Å²) in [6, 6.07) is 8.07. The molecule has 0 fully saturated rings. The van der Waals surface area contributed by atoms with E-state index in [9.17, 15) is 0 Å². The quantitative estimate of drug-likeness (QED) is 0.570. The summed E-state index contributed by atoms with van der Waals surface area (Å²) in [6.07, 6.45) is 7.29. The van der Waals surface area contributed by atoms with Crippen molar-refractivity contribution < 1.29 is 0 Å². The number of rotatable bonds is 5. The summed E-state index contributed by atoms with van der Waals surface area (Å²) >= 11 is 0. The van der Waals surface area contributed by atoms with Gasteiger partial charge in [0.1, 0.15) is 0 Å². The second-order valence-corrected chi connectivity index (χ2v) is 3.73. The van der Waals surface area contributed by atoms with Gasteiger partial charge >= 0.3 is 0 Å². The Kier molecular flexibility index (Phi) is 4.69. The molecule has 0 aliphatic carbocycles. The highest BCUT2D eigenvalue weighted by molar-refractivity contribution is 5.40. The molecule has 0 spiro atoms. The van der Waals surface area contributed by atoms with Crippen LogP contribution in [0, 0.1) is 0 Å². The number of hydrogen-bond acceptors (Lipinski definition) is 1. The molecule has 1 rings (SSSR count). The van der Waals surface area contributed by atoms with Crippen LogP contribution >= 0.6 is 0 Å². The van der Waals surface area contributed by atoms with Crippen LogP contribution in [-0.4, -0.2) is 0 Å². The molecule has 2 N–H and O–H groups in total. The van der Waals surface area contributed by atoms with E-state index < -0.39 is 0 Å². The zero-order valence-electron chi connectivity index (χ0n) is 9.37. The molecule has 1 heteroatoms. The summed E-state index contributed by atoms with van der Waals surface area (Å²) < 4.78 is 0. The van der Waals surface area contributed by atoms with Crippen LogP contribution in [0.25, 0.3) is 0 Å². The van der Waals surface area contributed by atoms with Gasteiger partial charge in [-0.1, -0.05) is 49.8 Å². The minimum absolute atomic E-state index is 0.823. The molecule has 15 heavy (non-hydrogen) atoms. The molecule has 0 radical (unpaired) electrons. The fourth-order valence-electron chi connectivity index (χ4n) is 1.62. The van der Waals surface area contributed by atoms with Gasteiger partial charge in [0.2, 0.25) is 0 Å². The highest BCUT2D eigenvalue weighted by atomic mass is 14.5. The molecule has 0 aromatic heterocycles. The van der Waals surface area contributed by atoms with E-state index in [0.29, 0.717) is 0 Å². The zero-order chi connectivity index (χ0) is 11.1. The van der Waals surface area contributed by atoms with Gasteiger partial charge in [-0.05, 0) is 30.5 Å². The van der Waals surface area contributed by atoms with Crippen LogP contribution in [0.15, 0.2) is 48.6 Å². The summed E-state index contributed by atoms with van der Waals surface area (Å²) in [7, 11) is 0. The molecular weight excluding hydrogens is 182 g/mol. The van der Waals surface area contributed by atoms with Crippen LogP contribution in [0.3, 0.4) is 0 Å². The molecule has 0 amide bonds. The number of nitrogen functional groups attached to an aromatic ring is 1. The largest absolute Gasteiger partial charge is 0.399 e. The van der Waals surface area contributed by atoms with Crippen LogP contribution in [0.2, 0.25) is 0 Å². The highest BCUT2D eigenvalue weighted by Gasteiger charge is 1.98. The standard InChI is InChI=1S/C14H19N/c1-3-5-12(6-4-2)11-13-7-9-14(15)10-8-13/h3,5,7-10H,1,4,6,11,15H2,2H3/b12-5+. The predicted octanol–water partition coefficient (Wildman–Crippen LogP) is 3.72. The second kappa shape index (κ2) is 6.07. The molecule has 1 nitrogen and oxygen atoms in total. The van der Waals surface area contributed by atoms with Gasteiger partial charge in [0.25, 0.3) is 0 Å². The van der Waals surface area contributed by atoms with E-state index in [1.54, 1.807) is 0 Å². The number of benzene rings is 1. The van der Waals surface area contributed by atoms with E-state index in [-0.39, 0.29) is 0 Å². The van der Waals surface area contributed by atoms with Crippen LogP contribution in [-0.2, 0) is 6.42 Å². The monoisotopic (exact) mass is 201 g/mol. The minimum Gasteiger partial charge on any atom is -0.399 e. The molecule has 80 valence electrons. The van der Waals surface area contributed by atoms with E-state index in [4.69, 9.17) is 5.73 Å². The van der Waals surface area contributed by atoms with Crippen molar-refractivity contribution in [2.24, 2.45) is 0 Å². The summed E-state index contributed by atoms with van der Waals surface area (Å²) in [6.45, 7) is 5.94. The zero-order valence-corrected chi connectivity index (χ0v) is 9.37. The SMILES string of the molecule is C=C/C=C(\CCC)Cc1ccc(N)cc1. The third-order valence-electron chi connectivity index (χ3n) is 2.34. The summed E-state index contributed by atoms with van der Waals surface area (Å²) in [5.41, 5.74) is 9.21. The molecule has 0 saturated heterocycles. The molecule has 0 aliphatic heterocycles. The molecule has 0 atom stereocenters. The average Bonchev–Trinajstić information content (AvgIpc) is 2.22. The number of nitrogens with two attached hydrogens (primary N) is 1. The lowest BCUT2D eigenvalue weighted by atomic mass is 10.0. The van der Waals surface area contributed by atoms with Gasteiger partial charge in [-0.2, -0.15) is 0 Å². The van der Waals surface area contributed by atoms with Crippen molar-refractivity contribution in [3.63, 3.8) is 0 Å². The topological polar surface area (TPSA) is 26.0 Å². The first kappa shape index (κ1) is 11.6. The Morgan fingerprint density at radius 2 is 2.00 bits per heavy atom. The third kappa shape index (κ3) is 4.03. The van der Waals surface area contributed by atoms with Crippen LogP contribution in [0.5, 0.6) is 0 Å².